The second kappa shape index (κ2) is 7.08. The summed E-state index contributed by atoms with van der Waals surface area (Å²) in [7, 11) is 0. The fraction of sp³-hybridized carbons (Fsp3) is 0.667. The number of ether oxygens (including phenoxy) is 2. The van der Waals surface area contributed by atoms with Crippen LogP contribution in [0.4, 0.5) is 0 Å². The largest absolute Gasteiger partial charge is 0.492 e. The Morgan fingerprint density at radius 1 is 1.22 bits per heavy atom. The van der Waals surface area contributed by atoms with Gasteiger partial charge in [0.2, 0.25) is 0 Å². The number of benzene rings is 1. The minimum atomic E-state index is -0.844. The van der Waals surface area contributed by atoms with Crippen molar-refractivity contribution in [2.45, 2.75) is 19.8 Å². The van der Waals surface area contributed by atoms with E-state index in [2.05, 4.69) is 23.6 Å². The number of aliphatic carboxylic acids is 1. The first kappa shape index (κ1) is 18.7. The molecule has 6 nitrogen and oxygen atoms in total. The predicted molar refractivity (Wildman–Crippen MR) is 102 cm³/mol. The summed E-state index contributed by atoms with van der Waals surface area (Å²) in [6, 6.07) is 7.90. The summed E-state index contributed by atoms with van der Waals surface area (Å²) in [6.07, 6.45) is 0. The number of likely N-dealkylation sites (tertiary alicyclic amines) is 1. The van der Waals surface area contributed by atoms with Gasteiger partial charge < -0.3 is 19.5 Å². The average Bonchev–Trinajstić information content (AvgIpc) is 3.01. The van der Waals surface area contributed by atoms with Crippen molar-refractivity contribution in [3.05, 3.63) is 29.8 Å². The predicted octanol–water partition coefficient (Wildman–Crippen LogP) is 1.91. The van der Waals surface area contributed by atoms with E-state index in [9.17, 15) is 9.90 Å². The molecule has 0 unspecified atom stereocenters. The fourth-order valence-corrected chi connectivity index (χ4v) is 5.07. The van der Waals surface area contributed by atoms with Crippen LogP contribution in [0.1, 0.15) is 25.3 Å². The first-order valence-electron chi connectivity index (χ1n) is 9.87. The third kappa shape index (κ3) is 3.58. The van der Waals surface area contributed by atoms with E-state index in [0.717, 1.165) is 57.3 Å². The smallest absolute Gasteiger partial charge is 0.315 e. The first-order chi connectivity index (χ1) is 12.9. The molecule has 0 bridgehead atoms. The van der Waals surface area contributed by atoms with Gasteiger partial charge in [0.15, 0.2) is 0 Å². The van der Waals surface area contributed by atoms with E-state index in [1.165, 1.54) is 0 Å². The van der Waals surface area contributed by atoms with Crippen LogP contribution in [0.5, 0.6) is 5.75 Å². The van der Waals surface area contributed by atoms with Crippen LogP contribution in [-0.2, 0) is 9.53 Å². The van der Waals surface area contributed by atoms with Gasteiger partial charge in [-0.25, -0.2) is 0 Å². The van der Waals surface area contributed by atoms with Gasteiger partial charge in [0.1, 0.15) is 17.8 Å². The highest BCUT2D eigenvalue weighted by Crippen LogP contribution is 2.50. The Morgan fingerprint density at radius 2 is 1.93 bits per heavy atom. The third-order valence-electron chi connectivity index (χ3n) is 6.23. The van der Waals surface area contributed by atoms with Crippen LogP contribution in [0.25, 0.3) is 0 Å². The second-order valence-electron chi connectivity index (χ2n) is 9.06. The molecular formula is C21H30N2O4. The van der Waals surface area contributed by atoms with Gasteiger partial charge in [-0.3, -0.25) is 9.69 Å². The zero-order valence-electron chi connectivity index (χ0n) is 16.3. The molecule has 1 aromatic carbocycles. The van der Waals surface area contributed by atoms with Crippen LogP contribution in [-0.4, -0.2) is 80.0 Å². The van der Waals surface area contributed by atoms with E-state index in [0.29, 0.717) is 6.54 Å². The van der Waals surface area contributed by atoms with Crippen LogP contribution in [0.2, 0.25) is 0 Å². The highest BCUT2D eigenvalue weighted by Gasteiger charge is 2.56. The summed E-state index contributed by atoms with van der Waals surface area (Å²) < 4.78 is 11.3. The number of para-hydroxylation sites is 1. The lowest BCUT2D eigenvalue weighted by molar-refractivity contribution is -0.152. The van der Waals surface area contributed by atoms with Gasteiger partial charge in [-0.1, -0.05) is 32.0 Å². The molecule has 2 saturated heterocycles. The molecule has 148 valence electrons. The molecule has 2 atom stereocenters. The molecule has 3 aliphatic rings. The van der Waals surface area contributed by atoms with Crippen molar-refractivity contribution in [2.75, 3.05) is 59.1 Å². The van der Waals surface area contributed by atoms with Gasteiger partial charge in [0, 0.05) is 45.2 Å². The van der Waals surface area contributed by atoms with E-state index in [4.69, 9.17) is 9.47 Å². The van der Waals surface area contributed by atoms with Crippen molar-refractivity contribution in [3.63, 3.8) is 0 Å². The molecule has 2 fully saturated rings. The van der Waals surface area contributed by atoms with Crippen molar-refractivity contribution in [1.82, 2.24) is 9.80 Å². The number of fused-ring (bicyclic) bond motifs is 3. The first-order valence-corrected chi connectivity index (χ1v) is 9.87. The number of carboxylic acid groups (broad SMARTS) is 1. The minimum Gasteiger partial charge on any atom is -0.492 e. The summed E-state index contributed by atoms with van der Waals surface area (Å²) >= 11 is 0. The van der Waals surface area contributed by atoms with Crippen molar-refractivity contribution in [1.29, 1.82) is 0 Å². The Hall–Kier alpha value is -1.63. The number of nitrogens with zero attached hydrogens (tertiary/aromatic N) is 2. The van der Waals surface area contributed by atoms with Crippen molar-refractivity contribution in [3.8, 4) is 5.75 Å². The number of hydrogen-bond donors (Lipinski definition) is 1. The van der Waals surface area contributed by atoms with Gasteiger partial charge in [-0.2, -0.15) is 0 Å². The van der Waals surface area contributed by atoms with Crippen molar-refractivity contribution >= 4 is 5.97 Å². The normalized spacial score (nSPS) is 29.0. The number of carbonyl (C=O) groups is 1. The molecule has 0 saturated carbocycles. The van der Waals surface area contributed by atoms with E-state index in [-0.39, 0.29) is 17.9 Å². The molecule has 0 amide bonds. The third-order valence-corrected chi connectivity index (χ3v) is 6.23. The lowest BCUT2D eigenvalue weighted by Crippen LogP contribution is -2.47. The van der Waals surface area contributed by atoms with Gasteiger partial charge >= 0.3 is 5.97 Å². The molecular weight excluding hydrogens is 344 g/mol. The Balaban J connectivity index is 1.50. The summed E-state index contributed by atoms with van der Waals surface area (Å²) in [5.74, 6) is 0.0865. The van der Waals surface area contributed by atoms with Gasteiger partial charge in [0.05, 0.1) is 13.2 Å². The maximum Gasteiger partial charge on any atom is 0.315 e. The lowest BCUT2D eigenvalue weighted by atomic mass is 9.73. The van der Waals surface area contributed by atoms with Crippen LogP contribution in [0.15, 0.2) is 24.3 Å². The van der Waals surface area contributed by atoms with E-state index >= 15 is 0 Å². The zero-order valence-corrected chi connectivity index (χ0v) is 16.3. The summed E-state index contributed by atoms with van der Waals surface area (Å²) in [5.41, 5.74) is 0.286. The monoisotopic (exact) mass is 374 g/mol. The van der Waals surface area contributed by atoms with Crippen LogP contribution >= 0.6 is 0 Å². The van der Waals surface area contributed by atoms with Crippen LogP contribution in [0.3, 0.4) is 0 Å². The fourth-order valence-electron chi connectivity index (χ4n) is 5.07. The molecule has 4 rings (SSSR count). The summed E-state index contributed by atoms with van der Waals surface area (Å²) in [6.45, 7) is 11.6. The van der Waals surface area contributed by atoms with Gasteiger partial charge in [0.25, 0.3) is 0 Å². The number of rotatable bonds is 5. The Kier molecular flexibility index (Phi) is 4.91. The van der Waals surface area contributed by atoms with Gasteiger partial charge in [-0.15, -0.1) is 0 Å². The molecule has 0 radical (unpaired) electrons. The van der Waals surface area contributed by atoms with E-state index in [1.807, 2.05) is 24.3 Å². The standard InChI is InChI=1S/C21H30N2O4/c1-20(2,12-22-7-9-26-10-8-22)13-23-11-17-16-5-3-4-6-18(16)27-15-21(17,14-23)19(24)25/h3-6,17H,7-15H2,1-2H3,(H,24,25)/t17-,21-/m1/s1. The SMILES string of the molecule is CC(C)(CN1CCOCC1)CN1C[C@@H]2c3ccccc3OC[C@]2(C(=O)O)C1. The Bertz CT molecular complexity index is 701. The van der Waals surface area contributed by atoms with E-state index < -0.39 is 11.4 Å². The maximum atomic E-state index is 12.3. The zero-order chi connectivity index (χ0) is 19.1. The molecule has 0 spiro atoms. The molecule has 0 aliphatic carbocycles. The quantitative estimate of drug-likeness (QED) is 0.850. The molecule has 3 aliphatic heterocycles. The van der Waals surface area contributed by atoms with Crippen LogP contribution < -0.4 is 4.74 Å². The Labute approximate surface area is 161 Å². The number of carboxylic acids is 1. The average molecular weight is 374 g/mol. The van der Waals surface area contributed by atoms with E-state index in [1.54, 1.807) is 0 Å². The molecule has 1 aromatic rings. The highest BCUT2D eigenvalue weighted by atomic mass is 16.5. The van der Waals surface area contributed by atoms with Crippen molar-refractivity contribution in [2.24, 2.45) is 10.8 Å². The van der Waals surface area contributed by atoms with Crippen LogP contribution in [0, 0.1) is 10.8 Å². The molecule has 3 heterocycles. The molecule has 6 heteroatoms. The summed E-state index contributed by atoms with van der Waals surface area (Å²) in [5, 5.41) is 10.1. The summed E-state index contributed by atoms with van der Waals surface area (Å²) in [4.78, 5) is 17.1. The number of morpholine rings is 1. The molecule has 0 aromatic heterocycles. The highest BCUT2D eigenvalue weighted by molar-refractivity contribution is 5.78. The second-order valence-corrected chi connectivity index (χ2v) is 9.06. The molecule has 27 heavy (non-hydrogen) atoms. The Morgan fingerprint density at radius 3 is 2.67 bits per heavy atom. The molecule has 1 N–H and O–H groups in total. The van der Waals surface area contributed by atoms with Crippen molar-refractivity contribution < 1.29 is 19.4 Å². The maximum absolute atomic E-state index is 12.3. The van der Waals surface area contributed by atoms with Gasteiger partial charge in [-0.05, 0) is 17.0 Å². The topological polar surface area (TPSA) is 62.2 Å². The minimum absolute atomic E-state index is 0.0147. The number of hydrogen-bond acceptors (Lipinski definition) is 5. The lowest BCUT2D eigenvalue weighted by Gasteiger charge is -2.37.